The van der Waals surface area contributed by atoms with Gasteiger partial charge in [0, 0.05) is 6.04 Å². The van der Waals surface area contributed by atoms with Crippen LogP contribution < -0.4 is 5.32 Å². The molecule has 3 nitrogen and oxygen atoms in total. The molecule has 0 spiro atoms. The molecule has 0 unspecified atom stereocenters. The number of carbonyl (C=O) groups excluding carboxylic acids is 1. The van der Waals surface area contributed by atoms with Crippen molar-refractivity contribution in [3.05, 3.63) is 35.9 Å². The Kier molecular flexibility index (Phi) is 4.25. The van der Waals surface area contributed by atoms with Gasteiger partial charge in [0.25, 0.3) is 0 Å². The number of rotatable bonds is 2. The van der Waals surface area contributed by atoms with Crippen molar-refractivity contribution in [1.29, 1.82) is 0 Å². The zero-order valence-electron chi connectivity index (χ0n) is 12.0. The number of hydrogen-bond donors (Lipinski definition) is 1. The van der Waals surface area contributed by atoms with Crippen molar-refractivity contribution in [3.8, 4) is 0 Å². The highest BCUT2D eigenvalue weighted by Crippen LogP contribution is 2.31. The van der Waals surface area contributed by atoms with Gasteiger partial charge in [0.2, 0.25) is 0 Å². The standard InChI is InChI=1S/C16H23NO2/c1-16(2,3)19-15(18)13-10-7-11-17-14(13)12-8-5-4-6-9-12/h4-6,8-9,13-14,17H,7,10-11H2,1-3H3/t13-,14+/m0/s1. The SMILES string of the molecule is CC(C)(C)OC(=O)[C@H]1CCCN[C@@H]1c1ccccc1. The van der Waals surface area contributed by atoms with Crippen molar-refractivity contribution in [1.82, 2.24) is 5.32 Å². The first-order valence-corrected chi connectivity index (χ1v) is 6.98. The molecule has 0 aromatic heterocycles. The lowest BCUT2D eigenvalue weighted by Gasteiger charge is -2.33. The summed E-state index contributed by atoms with van der Waals surface area (Å²) in [5, 5.41) is 3.45. The molecule has 1 fully saturated rings. The Hall–Kier alpha value is -1.35. The van der Waals surface area contributed by atoms with Crippen molar-refractivity contribution < 1.29 is 9.53 Å². The zero-order valence-corrected chi connectivity index (χ0v) is 12.0. The van der Waals surface area contributed by atoms with Crippen LogP contribution in [0.15, 0.2) is 30.3 Å². The molecule has 19 heavy (non-hydrogen) atoms. The Balaban J connectivity index is 2.15. The highest BCUT2D eigenvalue weighted by Gasteiger charge is 2.34. The predicted octanol–water partition coefficient (Wildman–Crippen LogP) is 3.07. The van der Waals surface area contributed by atoms with Crippen molar-refractivity contribution in [2.75, 3.05) is 6.54 Å². The van der Waals surface area contributed by atoms with E-state index in [-0.39, 0.29) is 17.9 Å². The van der Waals surface area contributed by atoms with Crippen LogP contribution in [0.2, 0.25) is 0 Å². The predicted molar refractivity (Wildman–Crippen MR) is 75.8 cm³/mol. The summed E-state index contributed by atoms with van der Waals surface area (Å²) in [6.07, 6.45) is 1.91. The Morgan fingerprint density at radius 2 is 1.95 bits per heavy atom. The van der Waals surface area contributed by atoms with Crippen LogP contribution in [0.1, 0.15) is 45.2 Å². The first-order chi connectivity index (χ1) is 8.97. The van der Waals surface area contributed by atoms with Gasteiger partial charge in [0.1, 0.15) is 5.60 Å². The molecule has 0 radical (unpaired) electrons. The lowest BCUT2D eigenvalue weighted by molar-refractivity contribution is -0.162. The van der Waals surface area contributed by atoms with Crippen LogP contribution in [-0.4, -0.2) is 18.1 Å². The van der Waals surface area contributed by atoms with Crippen LogP contribution in [-0.2, 0) is 9.53 Å². The molecule has 3 heteroatoms. The molecule has 1 aliphatic rings. The van der Waals surface area contributed by atoms with E-state index in [1.165, 1.54) is 0 Å². The zero-order chi connectivity index (χ0) is 13.9. The average molecular weight is 261 g/mol. The van der Waals surface area contributed by atoms with Crippen LogP contribution in [0.25, 0.3) is 0 Å². The Bertz CT molecular complexity index is 422. The van der Waals surface area contributed by atoms with Gasteiger partial charge < -0.3 is 10.1 Å². The van der Waals surface area contributed by atoms with Gasteiger partial charge in [-0.15, -0.1) is 0 Å². The van der Waals surface area contributed by atoms with E-state index in [1.807, 2.05) is 39.0 Å². The maximum atomic E-state index is 12.3. The third-order valence-electron chi connectivity index (χ3n) is 3.33. The lowest BCUT2D eigenvalue weighted by Crippen LogP contribution is -2.41. The molecule has 0 aliphatic carbocycles. The number of hydrogen-bond acceptors (Lipinski definition) is 3. The minimum Gasteiger partial charge on any atom is -0.460 e. The summed E-state index contributed by atoms with van der Waals surface area (Å²) in [7, 11) is 0. The molecule has 2 rings (SSSR count). The van der Waals surface area contributed by atoms with E-state index in [0.717, 1.165) is 24.9 Å². The highest BCUT2D eigenvalue weighted by molar-refractivity contribution is 5.74. The van der Waals surface area contributed by atoms with Crippen LogP contribution >= 0.6 is 0 Å². The van der Waals surface area contributed by atoms with Gasteiger partial charge in [-0.2, -0.15) is 0 Å². The molecule has 1 N–H and O–H groups in total. The van der Waals surface area contributed by atoms with Gasteiger partial charge in [-0.1, -0.05) is 30.3 Å². The second kappa shape index (κ2) is 5.74. The fraction of sp³-hybridized carbons (Fsp3) is 0.562. The van der Waals surface area contributed by atoms with E-state index in [1.54, 1.807) is 0 Å². The van der Waals surface area contributed by atoms with Crippen LogP contribution in [0.4, 0.5) is 0 Å². The summed E-state index contributed by atoms with van der Waals surface area (Å²) >= 11 is 0. The third kappa shape index (κ3) is 3.80. The quantitative estimate of drug-likeness (QED) is 0.831. The topological polar surface area (TPSA) is 38.3 Å². The van der Waals surface area contributed by atoms with Gasteiger partial charge in [-0.3, -0.25) is 4.79 Å². The number of ether oxygens (including phenoxy) is 1. The summed E-state index contributed by atoms with van der Waals surface area (Å²) in [5.74, 6) is -0.177. The van der Waals surface area contributed by atoms with Gasteiger partial charge in [0.15, 0.2) is 0 Å². The Morgan fingerprint density at radius 1 is 1.26 bits per heavy atom. The molecule has 1 saturated heterocycles. The Morgan fingerprint density at radius 3 is 2.58 bits per heavy atom. The van der Waals surface area contributed by atoms with Crippen molar-refractivity contribution in [2.45, 2.75) is 45.3 Å². The van der Waals surface area contributed by atoms with Crippen molar-refractivity contribution in [3.63, 3.8) is 0 Å². The van der Waals surface area contributed by atoms with Gasteiger partial charge in [-0.25, -0.2) is 0 Å². The molecule has 1 heterocycles. The van der Waals surface area contributed by atoms with E-state index in [2.05, 4.69) is 17.4 Å². The first kappa shape index (κ1) is 14.1. The van der Waals surface area contributed by atoms with E-state index in [0.29, 0.717) is 0 Å². The fourth-order valence-corrected chi connectivity index (χ4v) is 2.53. The smallest absolute Gasteiger partial charge is 0.311 e. The van der Waals surface area contributed by atoms with E-state index in [9.17, 15) is 4.79 Å². The molecule has 104 valence electrons. The number of benzene rings is 1. The molecule has 0 saturated carbocycles. The van der Waals surface area contributed by atoms with Crippen LogP contribution in [0.3, 0.4) is 0 Å². The molecule has 0 amide bonds. The fourth-order valence-electron chi connectivity index (χ4n) is 2.53. The maximum Gasteiger partial charge on any atom is 0.311 e. The van der Waals surface area contributed by atoms with Crippen molar-refractivity contribution >= 4 is 5.97 Å². The van der Waals surface area contributed by atoms with E-state index < -0.39 is 5.60 Å². The highest BCUT2D eigenvalue weighted by atomic mass is 16.6. The molecule has 1 aromatic carbocycles. The van der Waals surface area contributed by atoms with Crippen LogP contribution in [0, 0.1) is 5.92 Å². The largest absolute Gasteiger partial charge is 0.460 e. The monoisotopic (exact) mass is 261 g/mol. The van der Waals surface area contributed by atoms with Gasteiger partial charge in [0.05, 0.1) is 5.92 Å². The molecule has 1 aromatic rings. The maximum absolute atomic E-state index is 12.3. The second-order valence-electron chi connectivity index (χ2n) is 6.12. The van der Waals surface area contributed by atoms with E-state index >= 15 is 0 Å². The number of carbonyl (C=O) groups is 1. The minimum atomic E-state index is -0.421. The molecular formula is C16H23NO2. The summed E-state index contributed by atoms with van der Waals surface area (Å²) in [5.41, 5.74) is 0.744. The number of piperidine rings is 1. The average Bonchev–Trinajstić information content (AvgIpc) is 2.38. The van der Waals surface area contributed by atoms with Crippen molar-refractivity contribution in [2.24, 2.45) is 5.92 Å². The van der Waals surface area contributed by atoms with E-state index in [4.69, 9.17) is 4.74 Å². The lowest BCUT2D eigenvalue weighted by atomic mass is 9.86. The van der Waals surface area contributed by atoms with Gasteiger partial charge >= 0.3 is 5.97 Å². The summed E-state index contributed by atoms with van der Waals surface area (Å²) in [6.45, 7) is 6.70. The molecule has 0 bridgehead atoms. The third-order valence-corrected chi connectivity index (χ3v) is 3.33. The van der Waals surface area contributed by atoms with Gasteiger partial charge in [-0.05, 0) is 45.7 Å². The molecule has 1 aliphatic heterocycles. The number of nitrogens with one attached hydrogen (secondary N) is 1. The summed E-state index contributed by atoms with van der Waals surface area (Å²) in [6, 6.07) is 10.2. The molecular weight excluding hydrogens is 238 g/mol. The summed E-state index contributed by atoms with van der Waals surface area (Å²) < 4.78 is 5.55. The van der Waals surface area contributed by atoms with Crippen LogP contribution in [0.5, 0.6) is 0 Å². The second-order valence-corrected chi connectivity index (χ2v) is 6.12. The normalized spacial score (nSPS) is 23.9. The number of esters is 1. The Labute approximate surface area is 115 Å². The minimum absolute atomic E-state index is 0.0739. The first-order valence-electron chi connectivity index (χ1n) is 6.98. The summed E-state index contributed by atoms with van der Waals surface area (Å²) in [4.78, 5) is 12.3. The molecule has 2 atom stereocenters.